The fourth-order valence-corrected chi connectivity index (χ4v) is 3.90. The summed E-state index contributed by atoms with van der Waals surface area (Å²) < 4.78 is 13.3. The predicted octanol–water partition coefficient (Wildman–Crippen LogP) is 1.63. The maximum Gasteiger partial charge on any atom is 0.246 e. The Morgan fingerprint density at radius 3 is 2.63 bits per heavy atom. The number of benzene rings is 2. The molecule has 0 saturated carbocycles. The summed E-state index contributed by atoms with van der Waals surface area (Å²) in [7, 11) is 0. The number of carbonyl (C=O) groups is 2. The largest absolute Gasteiger partial charge is 0.342 e. The van der Waals surface area contributed by atoms with E-state index >= 15 is 0 Å². The highest BCUT2D eigenvalue weighted by Gasteiger charge is 2.46. The summed E-state index contributed by atoms with van der Waals surface area (Å²) in [5.41, 5.74) is 1.87. The van der Waals surface area contributed by atoms with Crippen LogP contribution in [0, 0.1) is 5.82 Å². The number of carbonyl (C=O) groups excluding carboxylic acids is 2. The Balaban J connectivity index is 1.39. The Morgan fingerprint density at radius 1 is 1.07 bits per heavy atom. The van der Waals surface area contributed by atoms with Crippen molar-refractivity contribution in [1.82, 2.24) is 15.5 Å². The van der Waals surface area contributed by atoms with Crippen LogP contribution >= 0.6 is 0 Å². The van der Waals surface area contributed by atoms with E-state index in [4.69, 9.17) is 0 Å². The van der Waals surface area contributed by atoms with Crippen LogP contribution in [0.3, 0.4) is 0 Å². The fraction of sp³-hybridized carbons (Fsp3) is 0.333. The van der Waals surface area contributed by atoms with Crippen molar-refractivity contribution in [2.45, 2.75) is 37.5 Å². The molecular formula is C21H22FN3O2. The number of hydrogen-bond donors (Lipinski definition) is 2. The van der Waals surface area contributed by atoms with E-state index in [0.29, 0.717) is 25.9 Å². The first kappa shape index (κ1) is 17.7. The van der Waals surface area contributed by atoms with Gasteiger partial charge in [-0.25, -0.2) is 4.39 Å². The average molecular weight is 367 g/mol. The van der Waals surface area contributed by atoms with Gasteiger partial charge in [0.2, 0.25) is 11.8 Å². The molecule has 2 N–H and O–H groups in total. The maximum atomic E-state index is 13.3. The lowest BCUT2D eigenvalue weighted by molar-refractivity contribution is -0.147. The standard InChI is InChI=1S/C21H22FN3O2/c22-16-8-4-7-15(9-16)12-23-17-11-19-20(26)24-18(21(27)25(19)13-17)10-14-5-2-1-3-6-14/h1-9,17-19,23H,10-13H2,(H,24,26)/t17-,18-,19-/m0/s1. The van der Waals surface area contributed by atoms with E-state index in [-0.39, 0.29) is 23.7 Å². The highest BCUT2D eigenvalue weighted by Crippen LogP contribution is 2.24. The summed E-state index contributed by atoms with van der Waals surface area (Å²) in [6.45, 7) is 1.00. The van der Waals surface area contributed by atoms with Crippen LogP contribution in [0.2, 0.25) is 0 Å². The molecule has 27 heavy (non-hydrogen) atoms. The number of hydrogen-bond acceptors (Lipinski definition) is 3. The summed E-state index contributed by atoms with van der Waals surface area (Å²) in [5.74, 6) is -0.388. The van der Waals surface area contributed by atoms with Gasteiger partial charge in [0, 0.05) is 25.6 Å². The van der Waals surface area contributed by atoms with Crippen molar-refractivity contribution in [3.63, 3.8) is 0 Å². The number of piperazine rings is 1. The van der Waals surface area contributed by atoms with Gasteiger partial charge < -0.3 is 15.5 Å². The highest BCUT2D eigenvalue weighted by molar-refractivity contribution is 5.97. The zero-order valence-electron chi connectivity index (χ0n) is 14.9. The van der Waals surface area contributed by atoms with Crippen molar-refractivity contribution >= 4 is 11.8 Å². The molecule has 0 radical (unpaired) electrons. The SMILES string of the molecule is O=C1N[C@@H](Cc2ccccc2)C(=O)N2C[C@@H](NCc3cccc(F)c3)C[C@@H]12. The van der Waals surface area contributed by atoms with E-state index in [1.54, 1.807) is 11.0 Å². The molecule has 5 nitrogen and oxygen atoms in total. The third-order valence-electron chi connectivity index (χ3n) is 5.27. The Hall–Kier alpha value is -2.73. The number of fused-ring (bicyclic) bond motifs is 1. The van der Waals surface area contributed by atoms with E-state index in [1.165, 1.54) is 12.1 Å². The van der Waals surface area contributed by atoms with E-state index in [0.717, 1.165) is 11.1 Å². The number of rotatable bonds is 5. The molecule has 2 aromatic rings. The molecular weight excluding hydrogens is 345 g/mol. The molecule has 2 saturated heterocycles. The van der Waals surface area contributed by atoms with Gasteiger partial charge in [-0.15, -0.1) is 0 Å². The zero-order chi connectivity index (χ0) is 18.8. The first-order chi connectivity index (χ1) is 13.1. The minimum atomic E-state index is -0.516. The average Bonchev–Trinajstić information content (AvgIpc) is 3.10. The Labute approximate surface area is 157 Å². The van der Waals surface area contributed by atoms with Crippen molar-refractivity contribution < 1.29 is 14.0 Å². The van der Waals surface area contributed by atoms with E-state index in [2.05, 4.69) is 10.6 Å². The molecule has 3 atom stereocenters. The van der Waals surface area contributed by atoms with Gasteiger partial charge in [-0.2, -0.15) is 0 Å². The molecule has 140 valence electrons. The summed E-state index contributed by atoms with van der Waals surface area (Å²) in [6.07, 6.45) is 1.07. The van der Waals surface area contributed by atoms with Crippen LogP contribution < -0.4 is 10.6 Å². The molecule has 0 bridgehead atoms. The smallest absolute Gasteiger partial charge is 0.246 e. The van der Waals surface area contributed by atoms with Crippen LogP contribution in [0.4, 0.5) is 4.39 Å². The lowest BCUT2D eigenvalue weighted by Crippen LogP contribution is -2.61. The van der Waals surface area contributed by atoms with Gasteiger partial charge in [-0.3, -0.25) is 9.59 Å². The predicted molar refractivity (Wildman–Crippen MR) is 99.2 cm³/mol. The molecule has 2 fully saturated rings. The normalized spacial score (nSPS) is 24.6. The minimum Gasteiger partial charge on any atom is -0.342 e. The summed E-state index contributed by atoms with van der Waals surface area (Å²) in [4.78, 5) is 27.0. The van der Waals surface area contributed by atoms with Crippen LogP contribution in [0.25, 0.3) is 0 Å². The Bertz CT molecular complexity index is 842. The molecule has 2 heterocycles. The van der Waals surface area contributed by atoms with Gasteiger partial charge >= 0.3 is 0 Å². The van der Waals surface area contributed by atoms with E-state index in [1.807, 2.05) is 36.4 Å². The Morgan fingerprint density at radius 2 is 1.85 bits per heavy atom. The zero-order valence-corrected chi connectivity index (χ0v) is 14.9. The number of nitrogens with zero attached hydrogens (tertiary/aromatic N) is 1. The van der Waals surface area contributed by atoms with Gasteiger partial charge in [-0.1, -0.05) is 42.5 Å². The minimum absolute atomic E-state index is 0.0171. The third kappa shape index (κ3) is 3.85. The van der Waals surface area contributed by atoms with Gasteiger partial charge in [0.1, 0.15) is 17.9 Å². The van der Waals surface area contributed by atoms with Crippen molar-refractivity contribution in [1.29, 1.82) is 0 Å². The van der Waals surface area contributed by atoms with Crippen LogP contribution in [0.15, 0.2) is 54.6 Å². The number of nitrogens with one attached hydrogen (secondary N) is 2. The second-order valence-electron chi connectivity index (χ2n) is 7.20. The summed E-state index contributed by atoms with van der Waals surface area (Å²) >= 11 is 0. The van der Waals surface area contributed by atoms with Crippen molar-refractivity contribution in [2.75, 3.05) is 6.54 Å². The van der Waals surface area contributed by atoms with Gasteiger partial charge in [-0.05, 0) is 29.7 Å². The second kappa shape index (κ2) is 7.48. The van der Waals surface area contributed by atoms with E-state index < -0.39 is 12.1 Å². The van der Waals surface area contributed by atoms with Gasteiger partial charge in [0.25, 0.3) is 0 Å². The summed E-state index contributed by atoms with van der Waals surface area (Å²) in [6, 6.07) is 15.2. The fourth-order valence-electron chi connectivity index (χ4n) is 3.90. The molecule has 6 heteroatoms. The lowest BCUT2D eigenvalue weighted by Gasteiger charge is -2.34. The number of halogens is 1. The van der Waals surface area contributed by atoms with E-state index in [9.17, 15) is 14.0 Å². The first-order valence-corrected chi connectivity index (χ1v) is 9.23. The maximum absolute atomic E-state index is 13.3. The van der Waals surface area contributed by atoms with Crippen LogP contribution in [0.1, 0.15) is 17.5 Å². The third-order valence-corrected chi connectivity index (χ3v) is 5.27. The lowest BCUT2D eigenvalue weighted by atomic mass is 10.0. The van der Waals surface area contributed by atoms with Crippen molar-refractivity contribution in [2.24, 2.45) is 0 Å². The molecule has 2 aromatic carbocycles. The summed E-state index contributed by atoms with van der Waals surface area (Å²) in [5, 5.41) is 6.23. The van der Waals surface area contributed by atoms with Crippen LogP contribution in [0.5, 0.6) is 0 Å². The van der Waals surface area contributed by atoms with Crippen LogP contribution in [-0.2, 0) is 22.6 Å². The van der Waals surface area contributed by atoms with Crippen molar-refractivity contribution in [3.05, 3.63) is 71.5 Å². The van der Waals surface area contributed by atoms with Crippen molar-refractivity contribution in [3.8, 4) is 0 Å². The second-order valence-corrected chi connectivity index (χ2v) is 7.20. The first-order valence-electron chi connectivity index (χ1n) is 9.23. The molecule has 0 aromatic heterocycles. The number of amides is 2. The molecule has 0 aliphatic carbocycles. The van der Waals surface area contributed by atoms with Gasteiger partial charge in [0.15, 0.2) is 0 Å². The molecule has 0 unspecified atom stereocenters. The topological polar surface area (TPSA) is 61.4 Å². The quantitative estimate of drug-likeness (QED) is 0.844. The monoisotopic (exact) mass is 367 g/mol. The van der Waals surface area contributed by atoms with Crippen LogP contribution in [-0.4, -0.2) is 41.4 Å². The van der Waals surface area contributed by atoms with Gasteiger partial charge in [0.05, 0.1) is 0 Å². The molecule has 2 amide bonds. The molecule has 4 rings (SSSR count). The molecule has 2 aliphatic heterocycles. The molecule has 2 aliphatic rings. The molecule has 0 spiro atoms. The highest BCUT2D eigenvalue weighted by atomic mass is 19.1. The Kier molecular flexibility index (Phi) is 4.90.